The van der Waals surface area contributed by atoms with Crippen molar-refractivity contribution < 1.29 is 13.2 Å². The van der Waals surface area contributed by atoms with Crippen LogP contribution in [0.25, 0.3) is 11.0 Å². The zero-order valence-electron chi connectivity index (χ0n) is 14.5. The fraction of sp³-hybridized carbons (Fsp3) is 0.500. The molecule has 0 fully saturated rings. The lowest BCUT2D eigenvalue weighted by Gasteiger charge is -2.20. The molecule has 0 saturated heterocycles. The first-order valence-corrected chi connectivity index (χ1v) is 9.61. The molecule has 0 aromatic carbocycles. The molecule has 0 aliphatic heterocycles. The van der Waals surface area contributed by atoms with E-state index in [-0.39, 0.29) is 10.8 Å². The quantitative estimate of drug-likeness (QED) is 0.826. The molecule has 0 spiro atoms. The summed E-state index contributed by atoms with van der Waals surface area (Å²) in [4.78, 5) is 21.6. The number of nitrogens with zero attached hydrogens (tertiary/aromatic N) is 3. The largest absolute Gasteiger partial charge is 0.345 e. The first-order chi connectivity index (χ1) is 11.4. The Morgan fingerprint density at radius 3 is 2.29 bits per heavy atom. The average molecular weight is 352 g/mol. The highest BCUT2D eigenvalue weighted by atomic mass is 32.2. The van der Waals surface area contributed by atoms with Crippen LogP contribution >= 0.6 is 0 Å². The van der Waals surface area contributed by atoms with Crippen molar-refractivity contribution in [3.63, 3.8) is 0 Å². The van der Waals surface area contributed by atoms with Gasteiger partial charge in [-0.15, -0.1) is 0 Å². The van der Waals surface area contributed by atoms with Crippen LogP contribution in [-0.2, 0) is 10.0 Å². The Balaban J connectivity index is 2.69. The van der Waals surface area contributed by atoms with E-state index < -0.39 is 10.0 Å². The monoisotopic (exact) mass is 352 g/mol. The number of carbonyl (C=O) groups excluding carboxylic acids is 1. The Labute approximate surface area is 142 Å². The third kappa shape index (κ3) is 3.03. The molecule has 2 heterocycles. The minimum atomic E-state index is -3.69. The highest BCUT2D eigenvalue weighted by Gasteiger charge is 2.28. The lowest BCUT2D eigenvalue weighted by molar-refractivity contribution is 0.0775. The van der Waals surface area contributed by atoms with Crippen LogP contribution in [0, 0.1) is 0 Å². The van der Waals surface area contributed by atoms with Gasteiger partial charge in [0.1, 0.15) is 10.5 Å². The van der Waals surface area contributed by atoms with Crippen LogP contribution in [0.2, 0.25) is 0 Å². The lowest BCUT2D eigenvalue weighted by Crippen LogP contribution is -2.32. The van der Waals surface area contributed by atoms with Gasteiger partial charge in [0.25, 0.3) is 5.91 Å². The summed E-state index contributed by atoms with van der Waals surface area (Å²) in [5, 5.41) is 0.362. The SMILES string of the molecule is CCN(CC)C(=O)c1ccnc2[nH]cc(S(=O)(=O)N(CC)CC)c12. The van der Waals surface area contributed by atoms with Crippen molar-refractivity contribution in [2.24, 2.45) is 0 Å². The molecule has 2 aromatic rings. The predicted octanol–water partition coefficient (Wildman–Crippen LogP) is 2.08. The number of hydrogen-bond donors (Lipinski definition) is 1. The van der Waals surface area contributed by atoms with Crippen molar-refractivity contribution in [1.82, 2.24) is 19.2 Å². The maximum atomic E-state index is 12.9. The molecule has 0 radical (unpaired) electrons. The van der Waals surface area contributed by atoms with Gasteiger partial charge >= 0.3 is 0 Å². The van der Waals surface area contributed by atoms with Crippen molar-refractivity contribution in [3.8, 4) is 0 Å². The molecular formula is C16H24N4O3S. The van der Waals surface area contributed by atoms with E-state index in [9.17, 15) is 13.2 Å². The molecule has 0 atom stereocenters. The van der Waals surface area contributed by atoms with Gasteiger partial charge in [-0.2, -0.15) is 4.31 Å². The summed E-state index contributed by atoms with van der Waals surface area (Å²) in [6.07, 6.45) is 2.94. The van der Waals surface area contributed by atoms with Crippen LogP contribution in [0.3, 0.4) is 0 Å². The second kappa shape index (κ2) is 7.31. The van der Waals surface area contributed by atoms with Gasteiger partial charge in [-0.05, 0) is 19.9 Å². The van der Waals surface area contributed by atoms with Crippen LogP contribution in [0.15, 0.2) is 23.4 Å². The Bertz CT molecular complexity index is 821. The highest BCUT2D eigenvalue weighted by Crippen LogP contribution is 2.28. The molecule has 1 N–H and O–H groups in total. The first-order valence-electron chi connectivity index (χ1n) is 8.17. The van der Waals surface area contributed by atoms with Crippen LogP contribution < -0.4 is 0 Å². The van der Waals surface area contributed by atoms with E-state index in [1.54, 1.807) is 24.8 Å². The fourth-order valence-corrected chi connectivity index (χ4v) is 4.42. The van der Waals surface area contributed by atoms with Crippen LogP contribution in [0.1, 0.15) is 38.1 Å². The summed E-state index contributed by atoms with van der Waals surface area (Å²) in [6, 6.07) is 1.58. The smallest absolute Gasteiger partial charge is 0.254 e. The molecule has 0 aliphatic carbocycles. The number of rotatable bonds is 7. The Hall–Kier alpha value is -1.93. The lowest BCUT2D eigenvalue weighted by atomic mass is 10.1. The molecular weight excluding hydrogens is 328 g/mol. The summed E-state index contributed by atoms with van der Waals surface area (Å²) in [5.41, 5.74) is 0.759. The van der Waals surface area contributed by atoms with Crippen molar-refractivity contribution in [3.05, 3.63) is 24.0 Å². The number of aromatic amines is 1. The summed E-state index contributed by atoms with van der Waals surface area (Å²) in [5.74, 6) is -0.192. The summed E-state index contributed by atoms with van der Waals surface area (Å²) in [7, 11) is -3.69. The summed E-state index contributed by atoms with van der Waals surface area (Å²) >= 11 is 0. The number of carbonyl (C=O) groups is 1. The molecule has 2 rings (SSSR count). The number of nitrogens with one attached hydrogen (secondary N) is 1. The van der Waals surface area contributed by atoms with Gasteiger partial charge in [0.15, 0.2) is 0 Å². The van der Waals surface area contributed by atoms with E-state index >= 15 is 0 Å². The van der Waals surface area contributed by atoms with E-state index in [0.29, 0.717) is 42.8 Å². The van der Waals surface area contributed by atoms with E-state index in [1.807, 2.05) is 13.8 Å². The molecule has 24 heavy (non-hydrogen) atoms. The van der Waals surface area contributed by atoms with Crippen molar-refractivity contribution in [2.75, 3.05) is 26.2 Å². The summed E-state index contributed by atoms with van der Waals surface area (Å²) in [6.45, 7) is 9.21. The van der Waals surface area contributed by atoms with Crippen LogP contribution in [-0.4, -0.2) is 59.7 Å². The minimum Gasteiger partial charge on any atom is -0.345 e. The molecule has 7 nitrogen and oxygen atoms in total. The van der Waals surface area contributed by atoms with E-state index in [1.165, 1.54) is 16.7 Å². The van der Waals surface area contributed by atoms with E-state index in [2.05, 4.69) is 9.97 Å². The second-order valence-electron chi connectivity index (χ2n) is 5.30. The Morgan fingerprint density at radius 1 is 1.12 bits per heavy atom. The third-order valence-electron chi connectivity index (χ3n) is 4.14. The van der Waals surface area contributed by atoms with Gasteiger partial charge in [0.2, 0.25) is 10.0 Å². The molecule has 0 aliphatic rings. The van der Waals surface area contributed by atoms with Gasteiger partial charge in [0.05, 0.1) is 10.9 Å². The van der Waals surface area contributed by atoms with Gasteiger partial charge in [-0.1, -0.05) is 13.8 Å². The summed E-state index contributed by atoms with van der Waals surface area (Å²) < 4.78 is 27.2. The van der Waals surface area contributed by atoms with Crippen LogP contribution in [0.4, 0.5) is 0 Å². The number of pyridine rings is 1. The van der Waals surface area contributed by atoms with Gasteiger partial charge in [0, 0.05) is 38.6 Å². The number of H-pyrrole nitrogens is 1. The van der Waals surface area contributed by atoms with Crippen molar-refractivity contribution >= 4 is 27.0 Å². The van der Waals surface area contributed by atoms with Crippen LogP contribution in [0.5, 0.6) is 0 Å². The molecule has 0 unspecified atom stereocenters. The van der Waals surface area contributed by atoms with Crippen molar-refractivity contribution in [1.29, 1.82) is 0 Å². The second-order valence-corrected chi connectivity index (χ2v) is 7.21. The normalized spacial score (nSPS) is 12.0. The molecule has 132 valence electrons. The standard InChI is InChI=1S/C16H24N4O3S/c1-5-19(6-2)16(21)12-9-10-17-15-14(12)13(11-18-15)24(22,23)20(7-3)8-4/h9-11H,5-8H2,1-4H3,(H,17,18). The highest BCUT2D eigenvalue weighted by molar-refractivity contribution is 7.89. The fourth-order valence-electron chi connectivity index (χ4n) is 2.79. The predicted molar refractivity (Wildman–Crippen MR) is 93.5 cm³/mol. The average Bonchev–Trinajstić information content (AvgIpc) is 3.01. The maximum absolute atomic E-state index is 12.9. The van der Waals surface area contributed by atoms with Gasteiger partial charge in [-0.3, -0.25) is 4.79 Å². The number of hydrogen-bond acceptors (Lipinski definition) is 4. The topological polar surface area (TPSA) is 86.4 Å². The zero-order valence-corrected chi connectivity index (χ0v) is 15.4. The minimum absolute atomic E-state index is 0.102. The van der Waals surface area contributed by atoms with E-state index in [4.69, 9.17) is 0 Å². The maximum Gasteiger partial charge on any atom is 0.254 e. The molecule has 8 heteroatoms. The number of amides is 1. The van der Waals surface area contributed by atoms with E-state index in [0.717, 1.165) is 0 Å². The first kappa shape index (κ1) is 18.4. The number of aromatic nitrogens is 2. The Morgan fingerprint density at radius 2 is 1.75 bits per heavy atom. The number of fused-ring (bicyclic) bond motifs is 1. The third-order valence-corrected chi connectivity index (χ3v) is 6.22. The van der Waals surface area contributed by atoms with Crippen molar-refractivity contribution in [2.45, 2.75) is 32.6 Å². The van der Waals surface area contributed by atoms with Gasteiger partial charge < -0.3 is 9.88 Å². The number of sulfonamides is 1. The molecule has 0 saturated carbocycles. The Kier molecular flexibility index (Phi) is 5.61. The molecule has 0 bridgehead atoms. The zero-order chi connectivity index (χ0) is 17.9. The molecule has 1 amide bonds. The molecule has 2 aromatic heterocycles. The van der Waals surface area contributed by atoms with Gasteiger partial charge in [-0.25, -0.2) is 13.4 Å².